The van der Waals surface area contributed by atoms with E-state index in [0.717, 1.165) is 11.6 Å². The molecule has 2 rings (SSSR count). The molecule has 1 N–H and O–H groups in total. The number of alkyl halides is 1. The molecule has 1 amide bonds. The molecule has 4 nitrogen and oxygen atoms in total. The van der Waals surface area contributed by atoms with Gasteiger partial charge in [-0.05, 0) is 11.6 Å². The molecular weight excluding hydrogens is 316 g/mol. The molecule has 2 aromatic rings. The van der Waals surface area contributed by atoms with Gasteiger partial charge in [0, 0.05) is 12.0 Å². The summed E-state index contributed by atoms with van der Waals surface area (Å²) < 4.78 is 32.8. The summed E-state index contributed by atoms with van der Waals surface area (Å²) in [5.74, 6) is -0.708. The number of rotatable bonds is 7. The largest absolute Gasteiger partial charge is 0.445 e. The van der Waals surface area contributed by atoms with Crippen LogP contribution in [0.25, 0.3) is 0 Å². The first kappa shape index (κ1) is 17.6. The average Bonchev–Trinajstić information content (AvgIpc) is 2.61. The van der Waals surface area contributed by atoms with Gasteiger partial charge in [-0.3, -0.25) is 0 Å². The number of carbonyl (C=O) groups excluding carboxylic acids is 2. The van der Waals surface area contributed by atoms with Crippen molar-refractivity contribution in [1.29, 1.82) is 0 Å². The Bertz CT molecular complexity index is 694. The quantitative estimate of drug-likeness (QED) is 0.789. The van der Waals surface area contributed by atoms with E-state index < -0.39 is 30.5 Å². The number of ether oxygens (including phenoxy) is 1. The summed E-state index contributed by atoms with van der Waals surface area (Å²) in [4.78, 5) is 23.0. The fourth-order valence-electron chi connectivity index (χ4n) is 2.33. The Morgan fingerprint density at radius 2 is 1.79 bits per heavy atom. The van der Waals surface area contributed by atoms with Crippen LogP contribution in [0, 0.1) is 5.82 Å². The molecule has 0 heterocycles. The Morgan fingerprint density at radius 3 is 2.42 bits per heavy atom. The second-order valence-electron chi connectivity index (χ2n) is 5.25. The number of benzene rings is 2. The first-order valence-corrected chi connectivity index (χ1v) is 7.35. The van der Waals surface area contributed by atoms with E-state index >= 15 is 0 Å². The molecule has 0 spiro atoms. The predicted molar refractivity (Wildman–Crippen MR) is 84.5 cm³/mol. The topological polar surface area (TPSA) is 55.4 Å². The van der Waals surface area contributed by atoms with Gasteiger partial charge < -0.3 is 14.8 Å². The van der Waals surface area contributed by atoms with Gasteiger partial charge in [-0.1, -0.05) is 48.5 Å². The van der Waals surface area contributed by atoms with E-state index in [9.17, 15) is 18.4 Å². The van der Waals surface area contributed by atoms with E-state index in [0.29, 0.717) is 6.29 Å². The van der Waals surface area contributed by atoms with Crippen molar-refractivity contribution in [2.75, 3.05) is 6.67 Å². The second-order valence-corrected chi connectivity index (χ2v) is 5.25. The van der Waals surface area contributed by atoms with Gasteiger partial charge in [-0.25, -0.2) is 13.6 Å². The van der Waals surface area contributed by atoms with Crippen LogP contribution in [-0.4, -0.2) is 19.1 Å². The maximum Gasteiger partial charge on any atom is 0.408 e. The molecule has 126 valence electrons. The highest BCUT2D eigenvalue weighted by Crippen LogP contribution is 2.28. The van der Waals surface area contributed by atoms with Crippen molar-refractivity contribution in [3.05, 3.63) is 71.5 Å². The normalized spacial score (nSPS) is 12.9. The molecule has 1 unspecified atom stereocenters. The molecule has 0 aliphatic carbocycles. The molecule has 0 aliphatic heterocycles. The van der Waals surface area contributed by atoms with E-state index in [-0.39, 0.29) is 12.2 Å². The van der Waals surface area contributed by atoms with Gasteiger partial charge in [-0.2, -0.15) is 0 Å². The number of nitrogens with one attached hydrogen (secondary N) is 1. The van der Waals surface area contributed by atoms with Crippen LogP contribution in [-0.2, 0) is 21.7 Å². The average molecular weight is 333 g/mol. The minimum absolute atomic E-state index is 0.0204. The van der Waals surface area contributed by atoms with Gasteiger partial charge in [0.2, 0.25) is 0 Å². The van der Waals surface area contributed by atoms with Crippen LogP contribution in [0.5, 0.6) is 0 Å². The molecule has 24 heavy (non-hydrogen) atoms. The van der Waals surface area contributed by atoms with Crippen molar-refractivity contribution in [3.8, 4) is 0 Å². The Labute approximate surface area is 138 Å². The molecule has 1 atom stereocenters. The first-order chi connectivity index (χ1) is 11.6. The Hall–Kier alpha value is -2.76. The molecule has 0 radical (unpaired) electrons. The number of aldehydes is 1. The van der Waals surface area contributed by atoms with E-state index in [4.69, 9.17) is 4.74 Å². The highest BCUT2D eigenvalue weighted by atomic mass is 19.1. The Kier molecular flexibility index (Phi) is 6.01. The fraction of sp³-hybridized carbons (Fsp3) is 0.222. The molecule has 0 bridgehead atoms. The highest BCUT2D eigenvalue weighted by Gasteiger charge is 2.37. The van der Waals surface area contributed by atoms with Crippen molar-refractivity contribution in [3.63, 3.8) is 0 Å². The minimum atomic E-state index is -1.79. The molecule has 6 heteroatoms. The Morgan fingerprint density at radius 1 is 1.12 bits per heavy atom. The zero-order valence-corrected chi connectivity index (χ0v) is 12.9. The van der Waals surface area contributed by atoms with Gasteiger partial charge in [0.25, 0.3) is 0 Å². The standard InChI is InChI=1S/C18H17F2NO3/c19-13-18(10-11-22,15-8-4-5-9-16(15)20)21-17(23)24-12-14-6-2-1-3-7-14/h1-9,11H,10,12-13H2,(H,21,23). The van der Waals surface area contributed by atoms with Crippen LogP contribution < -0.4 is 5.32 Å². The first-order valence-electron chi connectivity index (χ1n) is 7.35. The summed E-state index contributed by atoms with van der Waals surface area (Å²) in [6.07, 6.45) is -0.907. The van der Waals surface area contributed by atoms with Crippen molar-refractivity contribution < 1.29 is 23.1 Å². The molecule has 0 saturated carbocycles. The fourth-order valence-corrected chi connectivity index (χ4v) is 2.33. The van der Waals surface area contributed by atoms with E-state index in [1.807, 2.05) is 6.07 Å². The third kappa shape index (κ3) is 4.16. The van der Waals surface area contributed by atoms with Gasteiger partial charge in [0.15, 0.2) is 0 Å². The number of carbonyl (C=O) groups is 2. The maximum atomic E-state index is 14.0. The maximum absolute atomic E-state index is 14.0. The molecular formula is C18H17F2NO3. The van der Waals surface area contributed by atoms with E-state index in [2.05, 4.69) is 5.32 Å². The van der Waals surface area contributed by atoms with Crippen LogP contribution in [0.2, 0.25) is 0 Å². The zero-order chi connectivity index (χ0) is 17.4. The Balaban J connectivity index is 2.15. The summed E-state index contributed by atoms with van der Waals surface area (Å²) >= 11 is 0. The summed E-state index contributed by atoms with van der Waals surface area (Å²) in [5, 5.41) is 2.30. The van der Waals surface area contributed by atoms with Crippen molar-refractivity contribution >= 4 is 12.4 Å². The van der Waals surface area contributed by atoms with E-state index in [1.54, 1.807) is 24.3 Å². The number of alkyl carbamates (subject to hydrolysis) is 1. The lowest BCUT2D eigenvalue weighted by Crippen LogP contribution is -2.48. The summed E-state index contributed by atoms with van der Waals surface area (Å²) in [6, 6.07) is 14.3. The highest BCUT2D eigenvalue weighted by molar-refractivity contribution is 5.70. The van der Waals surface area contributed by atoms with Crippen molar-refractivity contribution in [2.24, 2.45) is 0 Å². The molecule has 0 aromatic heterocycles. The number of hydrogen-bond acceptors (Lipinski definition) is 3. The van der Waals surface area contributed by atoms with Crippen molar-refractivity contribution in [2.45, 2.75) is 18.6 Å². The smallest absolute Gasteiger partial charge is 0.408 e. The van der Waals surface area contributed by atoms with Gasteiger partial charge in [0.1, 0.15) is 30.9 Å². The summed E-state index contributed by atoms with van der Waals surface area (Å²) in [7, 11) is 0. The molecule has 2 aromatic carbocycles. The lowest BCUT2D eigenvalue weighted by molar-refractivity contribution is -0.109. The van der Waals surface area contributed by atoms with Crippen LogP contribution in [0.3, 0.4) is 0 Å². The number of amides is 1. The summed E-state index contributed by atoms with van der Waals surface area (Å²) in [6.45, 7) is -1.17. The third-order valence-electron chi connectivity index (χ3n) is 3.60. The number of halogens is 2. The van der Waals surface area contributed by atoms with Crippen LogP contribution in [0.1, 0.15) is 17.5 Å². The molecule has 0 fully saturated rings. The zero-order valence-electron chi connectivity index (χ0n) is 12.9. The van der Waals surface area contributed by atoms with Crippen molar-refractivity contribution in [1.82, 2.24) is 5.32 Å². The van der Waals surface area contributed by atoms with E-state index in [1.165, 1.54) is 18.2 Å². The minimum Gasteiger partial charge on any atom is -0.445 e. The molecule has 0 aliphatic rings. The lowest BCUT2D eigenvalue weighted by atomic mass is 9.88. The lowest BCUT2D eigenvalue weighted by Gasteiger charge is -2.30. The monoisotopic (exact) mass is 333 g/mol. The summed E-state index contributed by atoms with van der Waals surface area (Å²) in [5.41, 5.74) is -1.14. The number of hydrogen-bond donors (Lipinski definition) is 1. The van der Waals surface area contributed by atoms with Gasteiger partial charge >= 0.3 is 6.09 Å². The van der Waals surface area contributed by atoms with Crippen LogP contribution in [0.4, 0.5) is 13.6 Å². The predicted octanol–water partition coefficient (Wildman–Crippen LogP) is 3.51. The van der Waals surface area contributed by atoms with Crippen LogP contribution >= 0.6 is 0 Å². The van der Waals surface area contributed by atoms with Crippen LogP contribution in [0.15, 0.2) is 54.6 Å². The third-order valence-corrected chi connectivity index (χ3v) is 3.60. The SMILES string of the molecule is O=CCC(CF)(NC(=O)OCc1ccccc1)c1ccccc1F. The molecule has 0 saturated heterocycles. The van der Waals surface area contributed by atoms with Gasteiger partial charge in [0.05, 0.1) is 0 Å². The van der Waals surface area contributed by atoms with Gasteiger partial charge in [-0.15, -0.1) is 0 Å². The second kappa shape index (κ2) is 8.19.